The number of aryl methyl sites for hydroxylation is 1. The third-order valence-electron chi connectivity index (χ3n) is 4.86. The van der Waals surface area contributed by atoms with Gasteiger partial charge in [0.2, 0.25) is 0 Å². The van der Waals surface area contributed by atoms with E-state index >= 15 is 0 Å². The van der Waals surface area contributed by atoms with Crippen molar-refractivity contribution in [3.8, 4) is 0 Å². The lowest BCUT2D eigenvalue weighted by molar-refractivity contribution is -0.275. The minimum absolute atomic E-state index is 0.0569. The van der Waals surface area contributed by atoms with Crippen molar-refractivity contribution in [2.45, 2.75) is 32.0 Å². The largest absolute Gasteiger partial charge is 0.435 e. The van der Waals surface area contributed by atoms with Crippen LogP contribution in [0.1, 0.15) is 40.4 Å². The summed E-state index contributed by atoms with van der Waals surface area (Å²) in [4.78, 5) is 17.2. The van der Waals surface area contributed by atoms with Crippen LogP contribution in [-0.4, -0.2) is 31.1 Å². The van der Waals surface area contributed by atoms with Crippen LogP contribution < -0.4 is 5.32 Å². The smallest absolute Gasteiger partial charge is 0.374 e. The molecule has 166 valence electrons. The molecule has 31 heavy (non-hydrogen) atoms. The first-order valence-electron chi connectivity index (χ1n) is 9.32. The van der Waals surface area contributed by atoms with E-state index in [0.29, 0.717) is 23.3 Å². The predicted molar refractivity (Wildman–Crippen MR) is 112 cm³/mol. The van der Waals surface area contributed by atoms with Crippen molar-refractivity contribution in [3.63, 3.8) is 0 Å². The fourth-order valence-corrected chi connectivity index (χ4v) is 3.78. The Bertz CT molecular complexity index is 1010. The summed E-state index contributed by atoms with van der Waals surface area (Å²) < 4.78 is 47.4. The second-order valence-corrected chi connectivity index (χ2v) is 7.83. The minimum Gasteiger partial charge on any atom is -0.374 e. The maximum absolute atomic E-state index is 14.1. The van der Waals surface area contributed by atoms with Gasteiger partial charge < -0.3 is 14.9 Å². The fraction of sp³-hybridized carbons (Fsp3) is 0.333. The molecular weight excluding hydrogens is 456 g/mol. The van der Waals surface area contributed by atoms with Gasteiger partial charge in [-0.15, -0.1) is 0 Å². The predicted octanol–water partition coefficient (Wildman–Crippen LogP) is 5.61. The zero-order valence-electron chi connectivity index (χ0n) is 16.6. The van der Waals surface area contributed by atoms with Crippen LogP contribution in [-0.2, 0) is 15.2 Å². The van der Waals surface area contributed by atoms with Crippen molar-refractivity contribution < 1.29 is 27.5 Å². The number of nitrogens with one attached hydrogen (secondary N) is 1. The summed E-state index contributed by atoms with van der Waals surface area (Å²) in [6.45, 7) is 4.00. The van der Waals surface area contributed by atoms with Crippen LogP contribution in [0, 0.1) is 6.92 Å². The molecule has 0 bridgehead atoms. The quantitative estimate of drug-likeness (QED) is 0.437. The molecule has 1 aliphatic rings. The number of nitrogens with zero attached hydrogens (tertiary/aromatic N) is 1. The van der Waals surface area contributed by atoms with Crippen LogP contribution in [0.4, 0.5) is 13.2 Å². The zero-order chi connectivity index (χ0) is 22.8. The summed E-state index contributed by atoms with van der Waals surface area (Å²) in [6, 6.07) is 8.31. The van der Waals surface area contributed by atoms with E-state index in [1.165, 1.54) is 18.2 Å². The summed E-state index contributed by atoms with van der Waals surface area (Å²) in [6.07, 6.45) is -5.34. The van der Waals surface area contributed by atoms with Crippen molar-refractivity contribution in [1.29, 1.82) is 0 Å². The topological polar surface area (TPSA) is 59.9 Å². The van der Waals surface area contributed by atoms with Gasteiger partial charge in [-0.1, -0.05) is 34.4 Å². The number of oxime groups is 1. The second-order valence-electron chi connectivity index (χ2n) is 6.96. The number of carbonyl (C=O) groups excluding carboxylic acids is 1. The van der Waals surface area contributed by atoms with Crippen molar-refractivity contribution in [2.24, 2.45) is 5.16 Å². The van der Waals surface area contributed by atoms with Gasteiger partial charge >= 0.3 is 6.18 Å². The average molecular weight is 475 g/mol. The van der Waals surface area contributed by atoms with Gasteiger partial charge in [0.15, 0.2) is 0 Å². The van der Waals surface area contributed by atoms with E-state index in [0.717, 1.165) is 12.1 Å². The van der Waals surface area contributed by atoms with Gasteiger partial charge in [0.25, 0.3) is 11.5 Å². The van der Waals surface area contributed by atoms with E-state index in [-0.39, 0.29) is 34.0 Å². The van der Waals surface area contributed by atoms with Gasteiger partial charge in [-0.05, 0) is 55.3 Å². The van der Waals surface area contributed by atoms with Gasteiger partial charge in [-0.2, -0.15) is 13.2 Å². The van der Waals surface area contributed by atoms with Gasteiger partial charge in [-0.25, -0.2) is 0 Å². The highest BCUT2D eigenvalue weighted by molar-refractivity contribution is 6.34. The molecule has 1 amide bonds. The third-order valence-corrected chi connectivity index (χ3v) is 5.29. The summed E-state index contributed by atoms with van der Waals surface area (Å²) in [7, 11) is 0. The number of rotatable bonds is 6. The number of ether oxygens (including phenoxy) is 1. The van der Waals surface area contributed by atoms with Crippen molar-refractivity contribution >= 4 is 34.8 Å². The number of benzene rings is 2. The SMILES string of the molecule is CCOCNC(=O)c1ccc(C2=NOC(c3cc(Cl)cc(Cl)c3)(C(F)(F)F)C2)cc1C. The number of alkyl halides is 3. The summed E-state index contributed by atoms with van der Waals surface area (Å²) in [5.74, 6) is -0.347. The maximum Gasteiger partial charge on any atom is 0.435 e. The van der Waals surface area contributed by atoms with Gasteiger partial charge in [0, 0.05) is 34.2 Å². The molecule has 0 spiro atoms. The maximum atomic E-state index is 14.1. The van der Waals surface area contributed by atoms with E-state index < -0.39 is 18.2 Å². The van der Waals surface area contributed by atoms with Crippen molar-refractivity contribution in [2.75, 3.05) is 13.3 Å². The Hall–Kier alpha value is -2.29. The first-order valence-corrected chi connectivity index (χ1v) is 10.1. The third kappa shape index (κ3) is 4.81. The number of halogens is 5. The number of hydrogen-bond donors (Lipinski definition) is 1. The molecule has 0 saturated carbocycles. The number of amides is 1. The zero-order valence-corrected chi connectivity index (χ0v) is 18.2. The Morgan fingerprint density at radius 2 is 1.90 bits per heavy atom. The Kier molecular flexibility index (Phi) is 6.83. The molecule has 2 aromatic rings. The molecule has 1 N–H and O–H groups in total. The van der Waals surface area contributed by atoms with E-state index in [2.05, 4.69) is 10.5 Å². The molecule has 0 aromatic heterocycles. The minimum atomic E-state index is -4.78. The lowest BCUT2D eigenvalue weighted by Crippen LogP contribution is -2.42. The Labute approximate surface area is 187 Å². The highest BCUT2D eigenvalue weighted by Gasteiger charge is 2.62. The van der Waals surface area contributed by atoms with E-state index in [1.807, 2.05) is 0 Å². The number of hydrogen-bond acceptors (Lipinski definition) is 4. The fourth-order valence-electron chi connectivity index (χ4n) is 3.26. The summed E-state index contributed by atoms with van der Waals surface area (Å²) in [5, 5.41) is 6.45. The molecule has 5 nitrogen and oxygen atoms in total. The molecule has 0 radical (unpaired) electrons. The van der Waals surface area contributed by atoms with Gasteiger partial charge in [0.1, 0.15) is 6.73 Å². The monoisotopic (exact) mass is 474 g/mol. The first-order chi connectivity index (χ1) is 14.6. The summed E-state index contributed by atoms with van der Waals surface area (Å²) in [5.41, 5.74) is -1.48. The molecule has 0 saturated heterocycles. The Morgan fingerprint density at radius 3 is 2.48 bits per heavy atom. The number of carbonyl (C=O) groups is 1. The average Bonchev–Trinajstić information content (AvgIpc) is 3.14. The molecule has 0 fully saturated rings. The highest BCUT2D eigenvalue weighted by Crippen LogP contribution is 2.49. The standard InChI is InChI=1S/C21H19Cl2F3N2O3/c1-3-30-11-27-19(29)17-5-4-13(6-12(17)2)18-10-20(31-28-18,21(24,25)26)14-7-15(22)9-16(23)8-14/h4-9H,3,10-11H2,1-2H3,(H,27,29). The molecule has 1 atom stereocenters. The van der Waals surface area contributed by atoms with Gasteiger partial charge in [-0.3, -0.25) is 4.79 Å². The molecule has 3 rings (SSSR count). The van der Waals surface area contributed by atoms with Crippen LogP contribution in [0.2, 0.25) is 10.0 Å². The van der Waals surface area contributed by atoms with E-state index in [4.69, 9.17) is 32.8 Å². The summed E-state index contributed by atoms with van der Waals surface area (Å²) >= 11 is 11.8. The molecule has 10 heteroatoms. The van der Waals surface area contributed by atoms with Gasteiger partial charge in [0.05, 0.1) is 5.71 Å². The van der Waals surface area contributed by atoms with Crippen molar-refractivity contribution in [1.82, 2.24) is 5.32 Å². The highest BCUT2D eigenvalue weighted by atomic mass is 35.5. The first kappa shape index (κ1) is 23.4. The second kappa shape index (κ2) is 9.06. The van der Waals surface area contributed by atoms with Crippen LogP contribution in [0.3, 0.4) is 0 Å². The molecule has 1 unspecified atom stereocenters. The Balaban J connectivity index is 1.88. The molecule has 2 aromatic carbocycles. The normalized spacial score (nSPS) is 18.5. The van der Waals surface area contributed by atoms with Crippen molar-refractivity contribution in [3.05, 3.63) is 68.7 Å². The van der Waals surface area contributed by atoms with Crippen LogP contribution in [0.15, 0.2) is 41.6 Å². The molecule has 0 aliphatic carbocycles. The van der Waals surface area contributed by atoms with Crippen LogP contribution in [0.5, 0.6) is 0 Å². The Morgan fingerprint density at radius 1 is 1.23 bits per heavy atom. The van der Waals surface area contributed by atoms with E-state index in [9.17, 15) is 18.0 Å². The van der Waals surface area contributed by atoms with Crippen LogP contribution >= 0.6 is 23.2 Å². The van der Waals surface area contributed by atoms with Crippen LogP contribution in [0.25, 0.3) is 0 Å². The molecular formula is C21H19Cl2F3N2O3. The lowest BCUT2D eigenvalue weighted by atomic mass is 9.86. The molecule has 1 heterocycles. The lowest BCUT2D eigenvalue weighted by Gasteiger charge is -2.29. The molecule has 1 aliphatic heterocycles. The van der Waals surface area contributed by atoms with E-state index in [1.54, 1.807) is 19.9 Å².